The molecule has 0 radical (unpaired) electrons. The third kappa shape index (κ3) is 4.62. The number of hydrogen-bond donors (Lipinski definition) is 2. The van der Waals surface area contributed by atoms with E-state index in [9.17, 15) is 9.70 Å². The van der Waals surface area contributed by atoms with E-state index in [1.807, 2.05) is 0 Å². The van der Waals surface area contributed by atoms with Crippen molar-refractivity contribution < 1.29 is 19.0 Å². The molecule has 1 atom stereocenters. The quantitative estimate of drug-likeness (QED) is 0.360. The van der Waals surface area contributed by atoms with E-state index in [-0.39, 0.29) is 30.3 Å². The van der Waals surface area contributed by atoms with Gasteiger partial charge in [0.05, 0.1) is 25.0 Å². The SMILES string of the molecule is COc1cc2nc(N(CCCNC(=O)C3CCCO3)N=O)nc(N)c2cc1OC. The monoisotopic (exact) mass is 404 g/mol. The molecule has 1 aromatic heterocycles. The van der Waals surface area contributed by atoms with Crippen LogP contribution in [0.4, 0.5) is 11.8 Å². The summed E-state index contributed by atoms with van der Waals surface area (Å²) in [5.41, 5.74) is 6.53. The topological polar surface area (TPSA) is 141 Å². The van der Waals surface area contributed by atoms with Gasteiger partial charge in [-0.2, -0.15) is 9.99 Å². The molecule has 3 rings (SSSR count). The van der Waals surface area contributed by atoms with Crippen molar-refractivity contribution in [3.63, 3.8) is 0 Å². The van der Waals surface area contributed by atoms with Crippen LogP contribution in [0.25, 0.3) is 10.9 Å². The molecule has 1 saturated heterocycles. The lowest BCUT2D eigenvalue weighted by atomic mass is 10.2. The lowest BCUT2D eigenvalue weighted by molar-refractivity contribution is -0.130. The van der Waals surface area contributed by atoms with Crippen molar-refractivity contribution >= 4 is 28.6 Å². The number of nitrogens with two attached hydrogens (primary N) is 1. The molecule has 1 aromatic carbocycles. The van der Waals surface area contributed by atoms with Crippen LogP contribution >= 0.6 is 0 Å². The fraction of sp³-hybridized carbons (Fsp3) is 0.500. The summed E-state index contributed by atoms with van der Waals surface area (Å²) in [6, 6.07) is 3.33. The van der Waals surface area contributed by atoms with Gasteiger partial charge in [0.2, 0.25) is 5.91 Å². The van der Waals surface area contributed by atoms with Crippen LogP contribution in [0.3, 0.4) is 0 Å². The van der Waals surface area contributed by atoms with Crippen LogP contribution in [0.15, 0.2) is 17.4 Å². The molecule has 1 amide bonds. The van der Waals surface area contributed by atoms with Crippen molar-refractivity contribution in [2.24, 2.45) is 5.29 Å². The molecule has 0 aliphatic carbocycles. The van der Waals surface area contributed by atoms with Gasteiger partial charge in [-0.05, 0) is 25.3 Å². The van der Waals surface area contributed by atoms with E-state index in [0.29, 0.717) is 42.0 Å². The maximum absolute atomic E-state index is 11.9. The van der Waals surface area contributed by atoms with Gasteiger partial charge >= 0.3 is 0 Å². The Bertz CT molecular complexity index is 887. The summed E-state index contributed by atoms with van der Waals surface area (Å²) in [5.74, 6) is 1.09. The number of fused-ring (bicyclic) bond motifs is 1. The summed E-state index contributed by atoms with van der Waals surface area (Å²) >= 11 is 0. The zero-order chi connectivity index (χ0) is 20.8. The Morgan fingerprint density at radius 2 is 2.10 bits per heavy atom. The number of hydrogen-bond acceptors (Lipinski definition) is 9. The van der Waals surface area contributed by atoms with E-state index < -0.39 is 0 Å². The third-order valence-corrected chi connectivity index (χ3v) is 4.62. The molecule has 156 valence electrons. The van der Waals surface area contributed by atoms with Crippen molar-refractivity contribution in [1.29, 1.82) is 0 Å². The van der Waals surface area contributed by atoms with Crippen molar-refractivity contribution in [2.45, 2.75) is 25.4 Å². The van der Waals surface area contributed by atoms with Crippen molar-refractivity contribution in [2.75, 3.05) is 44.7 Å². The minimum atomic E-state index is -0.383. The number of nitrogens with zero attached hydrogens (tertiary/aromatic N) is 4. The van der Waals surface area contributed by atoms with E-state index in [1.54, 1.807) is 12.1 Å². The molecule has 0 saturated carbocycles. The second-order valence-electron chi connectivity index (χ2n) is 6.48. The summed E-state index contributed by atoms with van der Waals surface area (Å²) in [5, 5.41) is 7.45. The van der Waals surface area contributed by atoms with Gasteiger partial charge in [0.15, 0.2) is 11.5 Å². The third-order valence-electron chi connectivity index (χ3n) is 4.62. The number of nitroso groups, excluding NO2 is 1. The lowest BCUT2D eigenvalue weighted by Crippen LogP contribution is -2.35. The second-order valence-corrected chi connectivity index (χ2v) is 6.48. The summed E-state index contributed by atoms with van der Waals surface area (Å²) in [6.07, 6.45) is 1.70. The number of carbonyl (C=O) groups is 1. The summed E-state index contributed by atoms with van der Waals surface area (Å²) < 4.78 is 15.9. The Labute approximate surface area is 167 Å². The predicted octanol–water partition coefficient (Wildman–Crippen LogP) is 1.40. The molecule has 2 heterocycles. The number of carbonyl (C=O) groups excluding carboxylic acids is 1. The lowest BCUT2D eigenvalue weighted by Gasteiger charge is -2.16. The maximum atomic E-state index is 11.9. The van der Waals surface area contributed by atoms with Gasteiger partial charge in [-0.3, -0.25) is 4.79 Å². The highest BCUT2D eigenvalue weighted by molar-refractivity contribution is 5.91. The highest BCUT2D eigenvalue weighted by Crippen LogP contribution is 2.34. The van der Waals surface area contributed by atoms with Crippen LogP contribution in [0.5, 0.6) is 11.5 Å². The van der Waals surface area contributed by atoms with E-state index in [4.69, 9.17) is 19.9 Å². The van der Waals surface area contributed by atoms with Gasteiger partial charge in [0.25, 0.3) is 5.95 Å². The van der Waals surface area contributed by atoms with E-state index in [2.05, 4.69) is 20.6 Å². The zero-order valence-electron chi connectivity index (χ0n) is 16.4. The number of aromatic nitrogens is 2. The Kier molecular flexibility index (Phi) is 6.60. The molecule has 1 fully saturated rings. The van der Waals surface area contributed by atoms with E-state index >= 15 is 0 Å². The average Bonchev–Trinajstić information content (AvgIpc) is 3.27. The highest BCUT2D eigenvalue weighted by Gasteiger charge is 2.23. The number of anilines is 2. The molecule has 1 aliphatic heterocycles. The van der Waals surface area contributed by atoms with E-state index in [0.717, 1.165) is 17.9 Å². The minimum absolute atomic E-state index is 0.0719. The van der Waals surface area contributed by atoms with Crippen molar-refractivity contribution in [3.8, 4) is 11.5 Å². The molecule has 2 aromatic rings. The van der Waals surface area contributed by atoms with Gasteiger partial charge in [0, 0.05) is 31.1 Å². The van der Waals surface area contributed by atoms with Gasteiger partial charge in [-0.25, -0.2) is 4.98 Å². The fourth-order valence-corrected chi connectivity index (χ4v) is 3.10. The largest absolute Gasteiger partial charge is 0.493 e. The van der Waals surface area contributed by atoms with Crippen LogP contribution < -0.4 is 25.5 Å². The number of methoxy groups -OCH3 is 2. The van der Waals surface area contributed by atoms with Crippen LogP contribution in [0, 0.1) is 4.91 Å². The van der Waals surface area contributed by atoms with Crippen molar-refractivity contribution in [3.05, 3.63) is 17.0 Å². The van der Waals surface area contributed by atoms with Gasteiger partial charge < -0.3 is 25.3 Å². The summed E-state index contributed by atoms with van der Waals surface area (Å²) in [7, 11) is 3.03. The summed E-state index contributed by atoms with van der Waals surface area (Å²) in [6.45, 7) is 1.20. The zero-order valence-corrected chi connectivity index (χ0v) is 16.4. The van der Waals surface area contributed by atoms with Crippen LogP contribution in [0.2, 0.25) is 0 Å². The number of benzene rings is 1. The first kappa shape index (κ1) is 20.5. The number of rotatable bonds is 9. The molecule has 29 heavy (non-hydrogen) atoms. The molecule has 11 nitrogen and oxygen atoms in total. The molecule has 1 aliphatic rings. The van der Waals surface area contributed by atoms with E-state index in [1.165, 1.54) is 14.2 Å². The number of amides is 1. The Morgan fingerprint density at radius 1 is 1.34 bits per heavy atom. The first-order valence-electron chi connectivity index (χ1n) is 9.26. The smallest absolute Gasteiger partial charge is 0.251 e. The Hall–Kier alpha value is -3.21. The first-order chi connectivity index (χ1) is 14.1. The number of nitrogen functional groups attached to an aromatic ring is 1. The highest BCUT2D eigenvalue weighted by atomic mass is 16.5. The number of nitrogens with one attached hydrogen (secondary N) is 1. The summed E-state index contributed by atoms with van der Waals surface area (Å²) in [4.78, 5) is 31.8. The average molecular weight is 404 g/mol. The predicted molar refractivity (Wildman–Crippen MR) is 107 cm³/mol. The fourth-order valence-electron chi connectivity index (χ4n) is 3.10. The standard InChI is InChI=1S/C18H24N6O5/c1-27-14-9-11-12(10-15(14)28-2)21-18(22-16(11)19)24(23-26)7-4-6-20-17(25)13-5-3-8-29-13/h9-10,13H,3-8H2,1-2H3,(H,20,25)(H2,19,21,22). The minimum Gasteiger partial charge on any atom is -0.493 e. The number of ether oxygens (including phenoxy) is 3. The Morgan fingerprint density at radius 3 is 2.76 bits per heavy atom. The molecule has 0 spiro atoms. The normalized spacial score (nSPS) is 15.9. The molecule has 1 unspecified atom stereocenters. The van der Waals surface area contributed by atoms with Crippen LogP contribution in [-0.4, -0.2) is 55.9 Å². The van der Waals surface area contributed by atoms with Crippen LogP contribution in [-0.2, 0) is 9.53 Å². The van der Waals surface area contributed by atoms with Gasteiger partial charge in [0.1, 0.15) is 11.9 Å². The Balaban J connectivity index is 1.68. The molecule has 11 heteroatoms. The second kappa shape index (κ2) is 9.32. The molecular formula is C18H24N6O5. The van der Waals surface area contributed by atoms with Gasteiger partial charge in [-0.15, -0.1) is 4.91 Å². The maximum Gasteiger partial charge on any atom is 0.251 e. The first-order valence-corrected chi connectivity index (χ1v) is 9.26. The van der Waals surface area contributed by atoms with Crippen LogP contribution in [0.1, 0.15) is 19.3 Å². The van der Waals surface area contributed by atoms with Crippen molar-refractivity contribution in [1.82, 2.24) is 15.3 Å². The molecular weight excluding hydrogens is 380 g/mol. The van der Waals surface area contributed by atoms with Gasteiger partial charge in [-0.1, -0.05) is 0 Å². The molecule has 0 bridgehead atoms. The molecule has 3 N–H and O–H groups in total.